The van der Waals surface area contributed by atoms with Crippen molar-refractivity contribution in [1.29, 1.82) is 0 Å². The molecule has 1 rings (SSSR count). The van der Waals surface area contributed by atoms with Crippen LogP contribution < -0.4 is 10.6 Å². The van der Waals surface area contributed by atoms with E-state index in [1.54, 1.807) is 13.1 Å². The van der Waals surface area contributed by atoms with Crippen LogP contribution in [0.25, 0.3) is 0 Å². The quantitative estimate of drug-likeness (QED) is 0.721. The standard InChI is InChI=1S/C10H17N3O4S/c1-11-9(14)7-12-6-8-4-5-10(17-8)18(15,16)13(2)3/h4-5,12H,6-7H2,1-3H3,(H,11,14). The highest BCUT2D eigenvalue weighted by Crippen LogP contribution is 2.16. The van der Waals surface area contributed by atoms with Gasteiger partial charge in [-0.05, 0) is 12.1 Å². The van der Waals surface area contributed by atoms with Crippen LogP contribution in [-0.2, 0) is 21.4 Å². The normalized spacial score (nSPS) is 11.8. The van der Waals surface area contributed by atoms with Gasteiger partial charge in [0.25, 0.3) is 10.0 Å². The minimum Gasteiger partial charge on any atom is -0.447 e. The van der Waals surface area contributed by atoms with Crippen molar-refractivity contribution in [2.75, 3.05) is 27.7 Å². The molecule has 0 saturated heterocycles. The summed E-state index contributed by atoms with van der Waals surface area (Å²) in [6.45, 7) is 0.434. The highest BCUT2D eigenvalue weighted by atomic mass is 32.2. The van der Waals surface area contributed by atoms with Gasteiger partial charge in [0, 0.05) is 21.1 Å². The summed E-state index contributed by atoms with van der Waals surface area (Å²) in [6.07, 6.45) is 0. The summed E-state index contributed by atoms with van der Waals surface area (Å²) in [7, 11) is 0.862. The molecule has 102 valence electrons. The number of carbonyl (C=O) groups excluding carboxylic acids is 1. The Morgan fingerprint density at radius 1 is 1.39 bits per heavy atom. The van der Waals surface area contributed by atoms with Crippen molar-refractivity contribution in [3.05, 3.63) is 17.9 Å². The number of nitrogens with zero attached hydrogens (tertiary/aromatic N) is 1. The Morgan fingerprint density at radius 2 is 2.06 bits per heavy atom. The summed E-state index contributed by atoms with van der Waals surface area (Å²) in [6, 6.07) is 2.96. The number of carbonyl (C=O) groups is 1. The highest BCUT2D eigenvalue weighted by molar-refractivity contribution is 7.88. The first-order chi connectivity index (χ1) is 8.37. The summed E-state index contributed by atoms with van der Waals surface area (Å²) in [5.41, 5.74) is 0. The van der Waals surface area contributed by atoms with E-state index in [4.69, 9.17) is 4.42 Å². The number of rotatable bonds is 6. The maximum Gasteiger partial charge on any atom is 0.275 e. The molecular formula is C10H17N3O4S. The van der Waals surface area contributed by atoms with Crippen molar-refractivity contribution in [3.63, 3.8) is 0 Å². The second kappa shape index (κ2) is 5.98. The molecule has 1 heterocycles. The molecule has 8 heteroatoms. The first-order valence-corrected chi connectivity index (χ1v) is 6.74. The molecule has 7 nitrogen and oxygen atoms in total. The Bertz CT molecular complexity index is 507. The van der Waals surface area contributed by atoms with Crippen LogP contribution in [-0.4, -0.2) is 46.3 Å². The lowest BCUT2D eigenvalue weighted by Crippen LogP contribution is -2.30. The van der Waals surface area contributed by atoms with Gasteiger partial charge in [0.1, 0.15) is 5.76 Å². The molecule has 1 aromatic heterocycles. The number of nitrogens with one attached hydrogen (secondary N) is 2. The summed E-state index contributed by atoms with van der Waals surface area (Å²) >= 11 is 0. The third kappa shape index (κ3) is 3.56. The van der Waals surface area contributed by atoms with Crippen LogP contribution in [0.5, 0.6) is 0 Å². The average molecular weight is 275 g/mol. The van der Waals surface area contributed by atoms with Gasteiger partial charge in [-0.25, -0.2) is 12.7 Å². The van der Waals surface area contributed by atoms with E-state index >= 15 is 0 Å². The number of furan rings is 1. The molecule has 2 N–H and O–H groups in total. The van der Waals surface area contributed by atoms with E-state index in [1.165, 1.54) is 20.2 Å². The Labute approximate surface area is 106 Å². The molecule has 0 aromatic carbocycles. The minimum absolute atomic E-state index is 0.107. The van der Waals surface area contributed by atoms with Gasteiger partial charge in [-0.3, -0.25) is 4.79 Å². The lowest BCUT2D eigenvalue weighted by molar-refractivity contribution is -0.119. The monoisotopic (exact) mass is 275 g/mol. The lowest BCUT2D eigenvalue weighted by Gasteiger charge is -2.07. The Hall–Kier alpha value is -1.38. The molecule has 0 atom stereocenters. The zero-order valence-electron chi connectivity index (χ0n) is 10.6. The summed E-state index contributed by atoms with van der Waals surface area (Å²) in [4.78, 5) is 10.9. The van der Waals surface area contributed by atoms with Crippen LogP contribution in [0.4, 0.5) is 0 Å². The molecule has 18 heavy (non-hydrogen) atoms. The molecular weight excluding hydrogens is 258 g/mol. The van der Waals surface area contributed by atoms with Crippen LogP contribution in [0.3, 0.4) is 0 Å². The number of likely N-dealkylation sites (N-methyl/N-ethyl adjacent to an activating group) is 1. The van der Waals surface area contributed by atoms with Crippen LogP contribution in [0.2, 0.25) is 0 Å². The summed E-state index contributed by atoms with van der Waals surface area (Å²) in [5.74, 6) is 0.307. The van der Waals surface area contributed by atoms with Gasteiger partial charge in [-0.2, -0.15) is 0 Å². The maximum atomic E-state index is 11.7. The third-order valence-corrected chi connectivity index (χ3v) is 3.92. The summed E-state index contributed by atoms with van der Waals surface area (Å²) < 4.78 is 29.7. The number of amides is 1. The number of hydrogen-bond acceptors (Lipinski definition) is 5. The second-order valence-corrected chi connectivity index (χ2v) is 5.87. The van der Waals surface area contributed by atoms with Gasteiger partial charge in [0.2, 0.25) is 11.0 Å². The fourth-order valence-corrected chi connectivity index (χ4v) is 1.97. The first-order valence-electron chi connectivity index (χ1n) is 5.30. The van der Waals surface area contributed by atoms with Gasteiger partial charge >= 0.3 is 0 Å². The Kier molecular flexibility index (Phi) is 4.88. The van der Waals surface area contributed by atoms with Crippen molar-refractivity contribution in [1.82, 2.24) is 14.9 Å². The zero-order valence-corrected chi connectivity index (χ0v) is 11.4. The van der Waals surface area contributed by atoms with Crippen molar-refractivity contribution in [2.24, 2.45) is 0 Å². The van der Waals surface area contributed by atoms with Crippen LogP contribution in [0, 0.1) is 0 Å². The third-order valence-electron chi connectivity index (χ3n) is 2.24. The van der Waals surface area contributed by atoms with E-state index in [-0.39, 0.29) is 24.1 Å². The molecule has 0 aliphatic carbocycles. The van der Waals surface area contributed by atoms with Crippen LogP contribution >= 0.6 is 0 Å². The van der Waals surface area contributed by atoms with E-state index in [2.05, 4.69) is 10.6 Å². The van der Waals surface area contributed by atoms with Crippen LogP contribution in [0.15, 0.2) is 21.6 Å². The van der Waals surface area contributed by atoms with Gasteiger partial charge < -0.3 is 15.1 Å². The first kappa shape index (κ1) is 14.7. The SMILES string of the molecule is CNC(=O)CNCc1ccc(S(=O)(=O)N(C)C)o1. The van der Waals surface area contributed by atoms with Crippen molar-refractivity contribution < 1.29 is 17.6 Å². The topological polar surface area (TPSA) is 91.7 Å². The Morgan fingerprint density at radius 3 is 2.61 bits per heavy atom. The van der Waals surface area contributed by atoms with E-state index < -0.39 is 10.0 Å². The van der Waals surface area contributed by atoms with E-state index in [1.807, 2.05) is 0 Å². The molecule has 1 aromatic rings. The van der Waals surface area contributed by atoms with Crippen molar-refractivity contribution in [3.8, 4) is 0 Å². The lowest BCUT2D eigenvalue weighted by atomic mass is 10.4. The molecule has 1 amide bonds. The predicted octanol–water partition coefficient (Wildman–Crippen LogP) is -0.634. The molecule has 0 aliphatic rings. The zero-order chi connectivity index (χ0) is 13.8. The fourth-order valence-electron chi connectivity index (χ4n) is 1.16. The smallest absolute Gasteiger partial charge is 0.275 e. The van der Waals surface area contributed by atoms with E-state index in [0.29, 0.717) is 5.76 Å². The maximum absolute atomic E-state index is 11.7. The summed E-state index contributed by atoms with van der Waals surface area (Å²) in [5, 5.41) is 5.19. The molecule has 0 fully saturated rings. The predicted molar refractivity (Wildman–Crippen MR) is 65.4 cm³/mol. The molecule has 0 saturated carbocycles. The second-order valence-electron chi connectivity index (χ2n) is 3.78. The molecule has 0 radical (unpaired) electrons. The van der Waals surface area contributed by atoms with Crippen molar-refractivity contribution in [2.45, 2.75) is 11.6 Å². The van der Waals surface area contributed by atoms with E-state index in [0.717, 1.165) is 4.31 Å². The van der Waals surface area contributed by atoms with Crippen LogP contribution in [0.1, 0.15) is 5.76 Å². The minimum atomic E-state index is -3.54. The molecule has 0 bridgehead atoms. The number of sulfonamides is 1. The van der Waals surface area contributed by atoms with E-state index in [9.17, 15) is 13.2 Å². The molecule has 0 spiro atoms. The average Bonchev–Trinajstić information content (AvgIpc) is 2.77. The van der Waals surface area contributed by atoms with Gasteiger partial charge in [-0.1, -0.05) is 0 Å². The largest absolute Gasteiger partial charge is 0.447 e. The molecule has 0 aliphatic heterocycles. The fraction of sp³-hybridized carbons (Fsp3) is 0.500. The van der Waals surface area contributed by atoms with Gasteiger partial charge in [0.15, 0.2) is 0 Å². The van der Waals surface area contributed by atoms with Crippen molar-refractivity contribution >= 4 is 15.9 Å². The molecule has 0 unspecified atom stereocenters. The Balaban J connectivity index is 2.62. The van der Waals surface area contributed by atoms with Gasteiger partial charge in [-0.15, -0.1) is 0 Å². The number of hydrogen-bond donors (Lipinski definition) is 2. The highest BCUT2D eigenvalue weighted by Gasteiger charge is 2.21. The van der Waals surface area contributed by atoms with Gasteiger partial charge in [0.05, 0.1) is 13.1 Å².